The van der Waals surface area contributed by atoms with E-state index < -0.39 is 18.3 Å². The van der Waals surface area contributed by atoms with Crippen LogP contribution in [0.1, 0.15) is 13.3 Å². The van der Waals surface area contributed by atoms with Crippen molar-refractivity contribution in [2.45, 2.75) is 25.7 Å². The van der Waals surface area contributed by atoms with E-state index in [1.165, 1.54) is 0 Å². The molecule has 0 aliphatic rings. The molecule has 0 aromatic carbocycles. The van der Waals surface area contributed by atoms with Gasteiger partial charge in [-0.3, -0.25) is 4.79 Å². The van der Waals surface area contributed by atoms with Gasteiger partial charge in [0.2, 0.25) is 0 Å². The van der Waals surface area contributed by atoms with Gasteiger partial charge in [0, 0.05) is 13.2 Å². The quantitative estimate of drug-likeness (QED) is 0.670. The van der Waals surface area contributed by atoms with Crippen LogP contribution >= 0.6 is 0 Å². The Morgan fingerprint density at radius 3 is 2.40 bits per heavy atom. The molecule has 2 N–H and O–H groups in total. The normalized spacial score (nSPS) is 14.1. The third-order valence-corrected chi connectivity index (χ3v) is 1.81. The summed E-state index contributed by atoms with van der Waals surface area (Å²) in [6, 6.07) is 0. The van der Waals surface area contributed by atoms with Crippen LogP contribution in [0.3, 0.4) is 0 Å². The Hall–Kier alpha value is -0.850. The first-order chi connectivity index (χ1) is 6.82. The predicted octanol–water partition coefficient (Wildman–Crippen LogP) is 1.02. The van der Waals surface area contributed by atoms with E-state index in [-0.39, 0.29) is 19.1 Å². The number of rotatable bonds is 6. The summed E-state index contributed by atoms with van der Waals surface area (Å²) < 4.78 is 48.1. The van der Waals surface area contributed by atoms with E-state index >= 15 is 0 Å². The number of hydrogen-bond acceptors (Lipinski definition) is 2. The van der Waals surface area contributed by atoms with Crippen molar-refractivity contribution in [3.8, 4) is 0 Å². The molecule has 0 aromatic rings. The summed E-state index contributed by atoms with van der Waals surface area (Å²) in [6.07, 6.45) is -3.70. The molecule has 0 aliphatic heterocycles. The molecule has 0 fully saturated rings. The Bertz CT molecular complexity index is 211. The summed E-state index contributed by atoms with van der Waals surface area (Å²) in [4.78, 5) is 10.6. The molecule has 0 spiro atoms. The minimum absolute atomic E-state index is 0.151. The van der Waals surface area contributed by atoms with Crippen LogP contribution in [0, 0.1) is 5.92 Å². The molecule has 0 rings (SSSR count). The van der Waals surface area contributed by atoms with E-state index in [0.717, 1.165) is 0 Å². The van der Waals surface area contributed by atoms with Crippen molar-refractivity contribution < 1.29 is 27.5 Å². The summed E-state index contributed by atoms with van der Waals surface area (Å²) in [5.41, 5.74) is 0. The zero-order chi connectivity index (χ0) is 12.1. The van der Waals surface area contributed by atoms with Gasteiger partial charge in [-0.25, -0.2) is 8.78 Å². The van der Waals surface area contributed by atoms with Crippen LogP contribution in [0.25, 0.3) is 0 Å². The maximum atomic E-state index is 12.4. The molecule has 0 radical (unpaired) electrons. The first kappa shape index (κ1) is 14.2. The van der Waals surface area contributed by atoms with Crippen LogP contribution < -0.4 is 5.32 Å². The minimum Gasteiger partial charge on any atom is -0.396 e. The van der Waals surface area contributed by atoms with Gasteiger partial charge in [-0.1, -0.05) is 6.92 Å². The summed E-state index contributed by atoms with van der Waals surface area (Å²) >= 11 is 0. The largest absolute Gasteiger partial charge is 0.396 e. The average molecular weight is 231 g/mol. The summed E-state index contributed by atoms with van der Waals surface area (Å²) in [7, 11) is 0. The van der Waals surface area contributed by atoms with Crippen molar-refractivity contribution in [2.75, 3.05) is 13.2 Å². The van der Waals surface area contributed by atoms with E-state index in [0.29, 0.717) is 6.42 Å². The summed E-state index contributed by atoms with van der Waals surface area (Å²) in [6.45, 7) is 1.28. The lowest BCUT2D eigenvalue weighted by molar-refractivity contribution is -0.169. The van der Waals surface area contributed by atoms with Gasteiger partial charge in [0.25, 0.3) is 5.91 Å². The molecule has 0 saturated carbocycles. The fourth-order valence-electron chi connectivity index (χ4n) is 0.806. The van der Waals surface area contributed by atoms with Crippen LogP contribution in [0.5, 0.6) is 0 Å². The molecule has 90 valence electrons. The van der Waals surface area contributed by atoms with E-state index in [9.17, 15) is 22.4 Å². The standard InChI is InChI=1S/C8H13F4NO2/c1-5(2-3-14)4-13-7(15)8(11,12)6(9)10/h5-6,14H,2-4H2,1H3,(H,13,15). The molecule has 0 heterocycles. The van der Waals surface area contributed by atoms with Crippen LogP contribution in [0.4, 0.5) is 17.6 Å². The number of aliphatic hydroxyl groups excluding tert-OH is 1. The lowest BCUT2D eigenvalue weighted by Crippen LogP contribution is -2.46. The minimum atomic E-state index is -4.65. The van der Waals surface area contributed by atoms with Crippen LogP contribution in [0.2, 0.25) is 0 Å². The second-order valence-corrected chi connectivity index (χ2v) is 3.25. The molecular formula is C8H13F4NO2. The molecule has 0 aromatic heterocycles. The van der Waals surface area contributed by atoms with Crippen molar-refractivity contribution in [3.63, 3.8) is 0 Å². The molecule has 1 atom stereocenters. The second kappa shape index (κ2) is 5.89. The number of hydrogen-bond donors (Lipinski definition) is 2. The highest BCUT2D eigenvalue weighted by molar-refractivity contribution is 5.83. The van der Waals surface area contributed by atoms with Gasteiger partial charge in [-0.05, 0) is 12.3 Å². The Morgan fingerprint density at radius 1 is 1.47 bits per heavy atom. The number of alkyl halides is 4. The molecule has 1 unspecified atom stereocenters. The molecular weight excluding hydrogens is 218 g/mol. The zero-order valence-corrected chi connectivity index (χ0v) is 8.14. The number of aliphatic hydroxyl groups is 1. The Labute approximate surface area is 84.5 Å². The van der Waals surface area contributed by atoms with E-state index in [1.54, 1.807) is 12.2 Å². The maximum Gasteiger partial charge on any atom is 0.383 e. The van der Waals surface area contributed by atoms with Gasteiger partial charge in [-0.15, -0.1) is 0 Å². The Kier molecular flexibility index (Phi) is 5.56. The molecule has 3 nitrogen and oxygen atoms in total. The molecule has 0 aliphatic carbocycles. The number of carbonyl (C=O) groups excluding carboxylic acids is 1. The van der Waals surface area contributed by atoms with Crippen LogP contribution in [-0.2, 0) is 4.79 Å². The molecule has 0 saturated heterocycles. The first-order valence-electron chi connectivity index (χ1n) is 4.37. The molecule has 1 amide bonds. The van der Waals surface area contributed by atoms with Crippen molar-refractivity contribution >= 4 is 5.91 Å². The summed E-state index contributed by atoms with van der Waals surface area (Å²) in [5, 5.41) is 10.2. The Balaban J connectivity index is 4.04. The average Bonchev–Trinajstić information content (AvgIpc) is 2.14. The predicted molar refractivity (Wildman–Crippen MR) is 44.8 cm³/mol. The van der Waals surface area contributed by atoms with E-state index in [2.05, 4.69) is 0 Å². The van der Waals surface area contributed by atoms with Gasteiger partial charge in [0.15, 0.2) is 0 Å². The lowest BCUT2D eigenvalue weighted by Gasteiger charge is -2.16. The van der Waals surface area contributed by atoms with Crippen molar-refractivity contribution in [3.05, 3.63) is 0 Å². The highest BCUT2D eigenvalue weighted by Crippen LogP contribution is 2.22. The fourth-order valence-corrected chi connectivity index (χ4v) is 0.806. The first-order valence-corrected chi connectivity index (χ1v) is 4.37. The topological polar surface area (TPSA) is 49.3 Å². The molecule has 0 bridgehead atoms. The van der Waals surface area contributed by atoms with Gasteiger partial charge in [-0.2, -0.15) is 8.78 Å². The smallest absolute Gasteiger partial charge is 0.383 e. The highest BCUT2D eigenvalue weighted by atomic mass is 19.3. The van der Waals surface area contributed by atoms with Crippen molar-refractivity contribution in [1.82, 2.24) is 5.32 Å². The number of carbonyl (C=O) groups is 1. The van der Waals surface area contributed by atoms with Gasteiger partial charge < -0.3 is 10.4 Å². The van der Waals surface area contributed by atoms with E-state index in [4.69, 9.17) is 5.11 Å². The van der Waals surface area contributed by atoms with Gasteiger partial charge in [0.1, 0.15) is 0 Å². The zero-order valence-electron chi connectivity index (χ0n) is 8.14. The maximum absolute atomic E-state index is 12.4. The Morgan fingerprint density at radius 2 is 2.00 bits per heavy atom. The monoisotopic (exact) mass is 231 g/mol. The van der Waals surface area contributed by atoms with Gasteiger partial charge in [0.05, 0.1) is 0 Å². The fraction of sp³-hybridized carbons (Fsp3) is 0.875. The second-order valence-electron chi connectivity index (χ2n) is 3.25. The van der Waals surface area contributed by atoms with Crippen molar-refractivity contribution in [1.29, 1.82) is 0 Å². The number of amides is 1. The van der Waals surface area contributed by atoms with Crippen LogP contribution in [-0.4, -0.2) is 36.5 Å². The number of halogens is 4. The van der Waals surface area contributed by atoms with E-state index in [1.807, 2.05) is 0 Å². The number of nitrogens with one attached hydrogen (secondary N) is 1. The molecule has 15 heavy (non-hydrogen) atoms. The third-order valence-electron chi connectivity index (χ3n) is 1.81. The summed E-state index contributed by atoms with van der Waals surface area (Å²) in [5.74, 6) is -6.88. The molecule has 7 heteroatoms. The lowest BCUT2D eigenvalue weighted by atomic mass is 10.1. The van der Waals surface area contributed by atoms with Crippen molar-refractivity contribution in [2.24, 2.45) is 5.92 Å². The third kappa shape index (κ3) is 4.46. The van der Waals surface area contributed by atoms with Crippen LogP contribution in [0.15, 0.2) is 0 Å². The highest BCUT2D eigenvalue weighted by Gasteiger charge is 2.48. The van der Waals surface area contributed by atoms with Gasteiger partial charge >= 0.3 is 12.3 Å². The SMILES string of the molecule is CC(CCO)CNC(=O)C(F)(F)C(F)F.